The number of halogens is 1. The minimum absolute atomic E-state index is 0.226. The lowest BCUT2D eigenvalue weighted by Crippen LogP contribution is -2.22. The first-order chi connectivity index (χ1) is 14.3. The van der Waals surface area contributed by atoms with Gasteiger partial charge in [0.05, 0.1) is 12.0 Å². The van der Waals surface area contributed by atoms with E-state index in [9.17, 15) is 14.4 Å². The molecule has 30 heavy (non-hydrogen) atoms. The molecule has 2 aromatic rings. The van der Waals surface area contributed by atoms with Gasteiger partial charge >= 0.3 is 0 Å². The van der Waals surface area contributed by atoms with Crippen LogP contribution in [-0.4, -0.2) is 42.7 Å². The number of aryl methyl sites for hydroxylation is 1. The number of thioether (sulfide) groups is 1. The summed E-state index contributed by atoms with van der Waals surface area (Å²) in [5, 5.41) is 2.96. The third-order valence-corrected chi connectivity index (χ3v) is 5.65. The number of anilines is 1. The van der Waals surface area contributed by atoms with Crippen LogP contribution in [0.4, 0.5) is 10.5 Å². The first kappa shape index (κ1) is 21.7. The number of nitrogens with one attached hydrogen (secondary N) is 1. The fourth-order valence-corrected chi connectivity index (χ4v) is 3.61. The normalized spacial score (nSPS) is 14.9. The number of benzene rings is 2. The molecule has 3 rings (SSSR count). The highest BCUT2D eigenvalue weighted by atomic mass is 35.5. The molecular weight excluding hydrogens is 428 g/mol. The van der Waals surface area contributed by atoms with Crippen LogP contribution in [0.15, 0.2) is 41.3 Å². The topological polar surface area (TPSA) is 84.9 Å². The number of hydrogen-bond acceptors (Lipinski definition) is 6. The van der Waals surface area contributed by atoms with Crippen molar-refractivity contribution in [2.24, 2.45) is 0 Å². The van der Waals surface area contributed by atoms with Gasteiger partial charge in [-0.3, -0.25) is 19.3 Å². The molecular formula is C21H19ClN2O5S. The summed E-state index contributed by atoms with van der Waals surface area (Å²) in [5.74, 6) is 0.0656. The molecule has 0 aliphatic carbocycles. The first-order valence-corrected chi connectivity index (χ1v) is 10.1. The van der Waals surface area contributed by atoms with Crippen LogP contribution in [0.3, 0.4) is 0 Å². The van der Waals surface area contributed by atoms with Crippen molar-refractivity contribution in [3.63, 3.8) is 0 Å². The summed E-state index contributed by atoms with van der Waals surface area (Å²) in [5.41, 5.74) is 2.16. The zero-order valence-electron chi connectivity index (χ0n) is 16.5. The van der Waals surface area contributed by atoms with Gasteiger partial charge in [-0.1, -0.05) is 23.7 Å². The van der Waals surface area contributed by atoms with Gasteiger partial charge in [0.15, 0.2) is 18.1 Å². The van der Waals surface area contributed by atoms with E-state index in [2.05, 4.69) is 5.32 Å². The number of hydrogen-bond donors (Lipinski definition) is 1. The van der Waals surface area contributed by atoms with Crippen LogP contribution in [-0.2, 0) is 9.59 Å². The Labute approximate surface area is 183 Å². The van der Waals surface area contributed by atoms with Gasteiger partial charge in [-0.15, -0.1) is 0 Å². The molecule has 0 radical (unpaired) electrons. The molecule has 0 spiro atoms. The van der Waals surface area contributed by atoms with Gasteiger partial charge in [0.2, 0.25) is 0 Å². The van der Waals surface area contributed by atoms with Gasteiger partial charge in [0.25, 0.3) is 17.1 Å². The molecule has 1 aliphatic heterocycles. The lowest BCUT2D eigenvalue weighted by molar-refractivity contribution is -0.121. The maximum atomic E-state index is 12.2. The number of carbonyl (C=O) groups is 3. The van der Waals surface area contributed by atoms with Crippen LogP contribution in [0.25, 0.3) is 6.08 Å². The molecule has 7 nitrogen and oxygen atoms in total. The third kappa shape index (κ3) is 4.95. The second-order valence-electron chi connectivity index (χ2n) is 6.45. The van der Waals surface area contributed by atoms with Crippen molar-refractivity contribution >= 4 is 52.2 Å². The lowest BCUT2D eigenvalue weighted by Gasteiger charge is -2.12. The van der Waals surface area contributed by atoms with Crippen LogP contribution in [0, 0.1) is 6.92 Å². The van der Waals surface area contributed by atoms with E-state index in [1.54, 1.807) is 36.4 Å². The average Bonchev–Trinajstić information content (AvgIpc) is 2.96. The van der Waals surface area contributed by atoms with Gasteiger partial charge in [-0.25, -0.2) is 0 Å². The molecule has 1 saturated heterocycles. The molecule has 0 aromatic heterocycles. The summed E-state index contributed by atoms with van der Waals surface area (Å²) in [6, 6.07) is 10.2. The molecule has 9 heteroatoms. The molecule has 0 atom stereocenters. The van der Waals surface area contributed by atoms with E-state index in [1.807, 2.05) is 13.0 Å². The summed E-state index contributed by atoms with van der Waals surface area (Å²) < 4.78 is 10.9. The third-order valence-electron chi connectivity index (χ3n) is 4.29. The average molecular weight is 447 g/mol. The predicted molar refractivity (Wildman–Crippen MR) is 117 cm³/mol. The summed E-state index contributed by atoms with van der Waals surface area (Å²) >= 11 is 6.94. The van der Waals surface area contributed by atoms with Crippen molar-refractivity contribution in [2.45, 2.75) is 6.92 Å². The quantitative estimate of drug-likeness (QED) is 0.664. The number of likely N-dealkylation sites (N-methyl/N-ethyl adjacent to an activating group) is 1. The van der Waals surface area contributed by atoms with Crippen LogP contribution in [0.1, 0.15) is 11.1 Å². The van der Waals surface area contributed by atoms with Crippen LogP contribution < -0.4 is 14.8 Å². The fraction of sp³-hybridized carbons (Fsp3) is 0.190. The van der Waals surface area contributed by atoms with Crippen LogP contribution in [0.5, 0.6) is 11.5 Å². The molecule has 0 unspecified atom stereocenters. The molecule has 0 bridgehead atoms. The number of ether oxygens (including phenoxy) is 2. The lowest BCUT2D eigenvalue weighted by atomic mass is 10.2. The van der Waals surface area contributed by atoms with E-state index in [-0.39, 0.29) is 23.7 Å². The van der Waals surface area contributed by atoms with Gasteiger partial charge in [0, 0.05) is 17.8 Å². The van der Waals surface area contributed by atoms with Crippen molar-refractivity contribution in [1.29, 1.82) is 0 Å². The standard InChI is InChI=1S/C21H19ClN2O5S/c1-12-4-6-14(10-15(12)22)23-19(25)11-29-16-7-5-13(8-17(16)28-3)9-18-20(26)24(2)21(27)30-18/h4-10H,11H2,1-3H3,(H,23,25)/b18-9+. The van der Waals surface area contributed by atoms with Crippen molar-refractivity contribution in [1.82, 2.24) is 4.90 Å². The highest BCUT2D eigenvalue weighted by Crippen LogP contribution is 2.33. The monoisotopic (exact) mass is 446 g/mol. The second kappa shape index (κ2) is 9.23. The zero-order chi connectivity index (χ0) is 21.8. The molecule has 2 aromatic carbocycles. The molecule has 0 saturated carbocycles. The van der Waals surface area contributed by atoms with E-state index in [0.717, 1.165) is 22.2 Å². The van der Waals surface area contributed by atoms with Gasteiger partial charge in [-0.05, 0) is 60.2 Å². The Kier molecular flexibility index (Phi) is 6.69. The number of imide groups is 1. The maximum absolute atomic E-state index is 12.2. The minimum atomic E-state index is -0.350. The molecule has 3 amide bonds. The number of rotatable bonds is 6. The highest BCUT2D eigenvalue weighted by Gasteiger charge is 2.31. The number of methoxy groups -OCH3 is 1. The largest absolute Gasteiger partial charge is 0.493 e. The van der Waals surface area contributed by atoms with Crippen LogP contribution in [0.2, 0.25) is 5.02 Å². The first-order valence-electron chi connectivity index (χ1n) is 8.87. The smallest absolute Gasteiger partial charge is 0.293 e. The van der Waals surface area contributed by atoms with E-state index < -0.39 is 0 Å². The predicted octanol–water partition coefficient (Wildman–Crippen LogP) is 4.34. The number of nitrogens with zero attached hydrogens (tertiary/aromatic N) is 1. The highest BCUT2D eigenvalue weighted by molar-refractivity contribution is 8.18. The van der Waals surface area contributed by atoms with E-state index in [4.69, 9.17) is 21.1 Å². The van der Waals surface area contributed by atoms with E-state index in [1.165, 1.54) is 14.2 Å². The Balaban J connectivity index is 1.66. The summed E-state index contributed by atoms with van der Waals surface area (Å²) in [6.45, 7) is 1.65. The van der Waals surface area contributed by atoms with Gasteiger partial charge < -0.3 is 14.8 Å². The minimum Gasteiger partial charge on any atom is -0.493 e. The Morgan fingerprint density at radius 2 is 1.97 bits per heavy atom. The van der Waals surface area contributed by atoms with Crippen molar-refractivity contribution in [3.05, 3.63) is 57.5 Å². The van der Waals surface area contributed by atoms with E-state index >= 15 is 0 Å². The Hall–Kier alpha value is -2.97. The Morgan fingerprint density at radius 1 is 1.20 bits per heavy atom. The molecule has 1 heterocycles. The molecule has 1 aliphatic rings. The number of amides is 3. The number of carbonyl (C=O) groups excluding carboxylic acids is 3. The maximum Gasteiger partial charge on any atom is 0.293 e. The summed E-state index contributed by atoms with van der Waals surface area (Å²) in [6.07, 6.45) is 1.61. The van der Waals surface area contributed by atoms with Crippen molar-refractivity contribution in [2.75, 3.05) is 26.1 Å². The fourth-order valence-electron chi connectivity index (χ4n) is 2.60. The van der Waals surface area contributed by atoms with Gasteiger partial charge in [0.1, 0.15) is 0 Å². The van der Waals surface area contributed by atoms with Gasteiger partial charge in [-0.2, -0.15) is 0 Å². The molecule has 1 fully saturated rings. The Morgan fingerprint density at radius 3 is 2.60 bits per heavy atom. The van der Waals surface area contributed by atoms with Crippen molar-refractivity contribution in [3.8, 4) is 11.5 Å². The SMILES string of the molecule is COc1cc(/C=C2/SC(=O)N(C)C2=O)ccc1OCC(=O)Nc1ccc(C)c(Cl)c1. The molecule has 156 valence electrons. The summed E-state index contributed by atoms with van der Waals surface area (Å²) in [4.78, 5) is 37.2. The zero-order valence-corrected chi connectivity index (χ0v) is 18.1. The Bertz CT molecular complexity index is 1050. The van der Waals surface area contributed by atoms with E-state index in [0.29, 0.717) is 32.7 Å². The van der Waals surface area contributed by atoms with Crippen LogP contribution >= 0.6 is 23.4 Å². The van der Waals surface area contributed by atoms with Crippen molar-refractivity contribution < 1.29 is 23.9 Å². The second-order valence-corrected chi connectivity index (χ2v) is 7.85. The summed E-state index contributed by atoms with van der Waals surface area (Å²) in [7, 11) is 2.91. The molecule has 1 N–H and O–H groups in total.